The monoisotopic (exact) mass is 309 g/mol. The summed E-state index contributed by atoms with van der Waals surface area (Å²) in [7, 11) is 0. The van der Waals surface area contributed by atoms with Gasteiger partial charge < -0.3 is 10.4 Å². The van der Waals surface area contributed by atoms with Crippen LogP contribution >= 0.6 is 11.8 Å². The molecule has 0 spiro atoms. The molecular formula is C16H23NO3S. The van der Waals surface area contributed by atoms with Crippen LogP contribution in [-0.2, 0) is 15.3 Å². The van der Waals surface area contributed by atoms with E-state index in [1.807, 2.05) is 39.0 Å². The molecule has 0 aliphatic rings. The number of carbonyl (C=O) groups excluding carboxylic acids is 1. The highest BCUT2D eigenvalue weighted by molar-refractivity contribution is 7.99. The highest BCUT2D eigenvalue weighted by Crippen LogP contribution is 2.14. The molecule has 0 aromatic heterocycles. The maximum Gasteiger partial charge on any atom is 0.326 e. The standard InChI is InChI=1S/C16H23NO3S/c1-4-12(3)15(16(19)20)17-14(18)10-21-9-13-7-5-6-11(2)8-13/h5-8,12,15H,4,9-10H2,1-3H3,(H,17,18)(H,19,20)/t12-,15-/m0/s1. The van der Waals surface area contributed by atoms with Crippen LogP contribution in [0.15, 0.2) is 24.3 Å². The summed E-state index contributed by atoms with van der Waals surface area (Å²) in [5.41, 5.74) is 2.37. The van der Waals surface area contributed by atoms with Crippen LogP contribution in [0.2, 0.25) is 0 Å². The molecule has 4 nitrogen and oxygen atoms in total. The third kappa shape index (κ3) is 6.21. The molecule has 0 aliphatic carbocycles. The minimum absolute atomic E-state index is 0.0757. The van der Waals surface area contributed by atoms with Crippen LogP contribution in [0.1, 0.15) is 31.4 Å². The molecule has 2 N–H and O–H groups in total. The highest BCUT2D eigenvalue weighted by atomic mass is 32.2. The van der Waals surface area contributed by atoms with Crippen molar-refractivity contribution < 1.29 is 14.7 Å². The van der Waals surface area contributed by atoms with Gasteiger partial charge in [0.05, 0.1) is 5.75 Å². The number of aryl methyl sites for hydroxylation is 1. The average molecular weight is 309 g/mol. The van der Waals surface area contributed by atoms with Crippen LogP contribution in [-0.4, -0.2) is 28.8 Å². The maximum absolute atomic E-state index is 11.8. The second-order valence-corrected chi connectivity index (χ2v) is 6.24. The predicted molar refractivity (Wildman–Crippen MR) is 86.4 cm³/mol. The zero-order chi connectivity index (χ0) is 15.8. The summed E-state index contributed by atoms with van der Waals surface area (Å²) >= 11 is 1.49. The lowest BCUT2D eigenvalue weighted by molar-refractivity contribution is -0.143. The molecule has 2 atom stereocenters. The van der Waals surface area contributed by atoms with Crippen molar-refractivity contribution in [2.75, 3.05) is 5.75 Å². The number of carboxylic acids is 1. The first kappa shape index (κ1) is 17.6. The number of hydrogen-bond acceptors (Lipinski definition) is 3. The summed E-state index contributed by atoms with van der Waals surface area (Å²) in [6.07, 6.45) is 0.716. The van der Waals surface area contributed by atoms with Crippen molar-refractivity contribution in [2.24, 2.45) is 5.92 Å². The third-order valence-corrected chi connectivity index (χ3v) is 4.38. The van der Waals surface area contributed by atoms with E-state index in [9.17, 15) is 9.59 Å². The van der Waals surface area contributed by atoms with Gasteiger partial charge in [-0.2, -0.15) is 0 Å². The molecule has 0 heterocycles. The van der Waals surface area contributed by atoms with Crippen LogP contribution in [0, 0.1) is 12.8 Å². The Balaban J connectivity index is 2.41. The second kappa shape index (κ2) is 8.72. The molecule has 0 bridgehead atoms. The molecule has 1 aromatic rings. The quantitative estimate of drug-likeness (QED) is 0.775. The van der Waals surface area contributed by atoms with Gasteiger partial charge in [0.25, 0.3) is 0 Å². The second-order valence-electron chi connectivity index (χ2n) is 5.25. The number of nitrogens with one attached hydrogen (secondary N) is 1. The molecule has 116 valence electrons. The van der Waals surface area contributed by atoms with Crippen molar-refractivity contribution in [1.29, 1.82) is 0 Å². The van der Waals surface area contributed by atoms with Gasteiger partial charge in [0.15, 0.2) is 0 Å². The summed E-state index contributed by atoms with van der Waals surface area (Å²) in [5.74, 6) is -0.250. The number of aliphatic carboxylic acids is 1. The van der Waals surface area contributed by atoms with Crippen LogP contribution in [0.25, 0.3) is 0 Å². The molecule has 0 radical (unpaired) electrons. The number of amides is 1. The minimum atomic E-state index is -0.971. The zero-order valence-electron chi connectivity index (χ0n) is 12.8. The lowest BCUT2D eigenvalue weighted by atomic mass is 9.99. The molecule has 1 aromatic carbocycles. The Bertz CT molecular complexity index is 490. The predicted octanol–water partition coefficient (Wildman–Crippen LogP) is 2.84. The minimum Gasteiger partial charge on any atom is -0.480 e. The van der Waals surface area contributed by atoms with Crippen LogP contribution in [0.3, 0.4) is 0 Å². The Hall–Kier alpha value is -1.49. The van der Waals surface area contributed by atoms with Gasteiger partial charge in [-0.15, -0.1) is 11.8 Å². The van der Waals surface area contributed by atoms with E-state index in [4.69, 9.17) is 5.11 Å². The van der Waals surface area contributed by atoms with E-state index in [0.717, 1.165) is 5.75 Å². The Morgan fingerprint density at radius 1 is 1.38 bits per heavy atom. The third-order valence-electron chi connectivity index (χ3n) is 3.38. The van der Waals surface area contributed by atoms with E-state index in [2.05, 4.69) is 11.4 Å². The number of carbonyl (C=O) groups is 2. The van der Waals surface area contributed by atoms with Gasteiger partial charge in [-0.1, -0.05) is 50.1 Å². The van der Waals surface area contributed by atoms with E-state index in [0.29, 0.717) is 6.42 Å². The maximum atomic E-state index is 11.8. The van der Waals surface area contributed by atoms with Gasteiger partial charge in [-0.3, -0.25) is 4.79 Å². The van der Waals surface area contributed by atoms with E-state index in [1.165, 1.54) is 22.9 Å². The Morgan fingerprint density at radius 3 is 2.67 bits per heavy atom. The topological polar surface area (TPSA) is 66.4 Å². The van der Waals surface area contributed by atoms with Gasteiger partial charge >= 0.3 is 5.97 Å². The summed E-state index contributed by atoms with van der Waals surface area (Å²) < 4.78 is 0. The fourth-order valence-electron chi connectivity index (χ4n) is 1.96. The molecule has 5 heteroatoms. The molecule has 0 fully saturated rings. The lowest BCUT2D eigenvalue weighted by Crippen LogP contribution is -2.45. The normalized spacial score (nSPS) is 13.5. The largest absolute Gasteiger partial charge is 0.480 e. The summed E-state index contributed by atoms with van der Waals surface area (Å²) in [4.78, 5) is 23.0. The molecule has 0 saturated carbocycles. The fourth-order valence-corrected chi connectivity index (χ4v) is 2.75. The number of benzene rings is 1. The van der Waals surface area contributed by atoms with Gasteiger partial charge in [0, 0.05) is 5.75 Å². The first-order valence-corrected chi connectivity index (χ1v) is 8.25. The van der Waals surface area contributed by atoms with Crippen LogP contribution < -0.4 is 5.32 Å². The first-order chi connectivity index (χ1) is 9.93. The molecule has 0 unspecified atom stereocenters. The summed E-state index contributed by atoms with van der Waals surface area (Å²) in [5, 5.41) is 11.7. The Labute approximate surface area is 130 Å². The molecule has 21 heavy (non-hydrogen) atoms. The number of hydrogen-bond donors (Lipinski definition) is 2. The number of rotatable bonds is 8. The van der Waals surface area contributed by atoms with Gasteiger partial charge in [0.1, 0.15) is 6.04 Å². The van der Waals surface area contributed by atoms with Gasteiger partial charge in [0.2, 0.25) is 5.91 Å². The first-order valence-electron chi connectivity index (χ1n) is 7.09. The van der Waals surface area contributed by atoms with Crippen molar-refractivity contribution in [3.05, 3.63) is 35.4 Å². The van der Waals surface area contributed by atoms with E-state index < -0.39 is 12.0 Å². The zero-order valence-corrected chi connectivity index (χ0v) is 13.6. The van der Waals surface area contributed by atoms with Crippen molar-refractivity contribution in [2.45, 2.75) is 39.0 Å². The molecule has 1 amide bonds. The van der Waals surface area contributed by atoms with Crippen molar-refractivity contribution >= 4 is 23.6 Å². The molecule has 0 aliphatic heterocycles. The fraction of sp³-hybridized carbons (Fsp3) is 0.500. The van der Waals surface area contributed by atoms with E-state index >= 15 is 0 Å². The number of thioether (sulfide) groups is 1. The molecule has 0 saturated heterocycles. The smallest absolute Gasteiger partial charge is 0.326 e. The van der Waals surface area contributed by atoms with Crippen LogP contribution in [0.4, 0.5) is 0 Å². The van der Waals surface area contributed by atoms with Crippen LogP contribution in [0.5, 0.6) is 0 Å². The van der Waals surface area contributed by atoms with Crippen molar-refractivity contribution in [3.8, 4) is 0 Å². The Morgan fingerprint density at radius 2 is 2.10 bits per heavy atom. The average Bonchev–Trinajstić information content (AvgIpc) is 2.43. The SMILES string of the molecule is CC[C@H](C)[C@H](NC(=O)CSCc1cccc(C)c1)C(=O)O. The summed E-state index contributed by atoms with van der Waals surface area (Å²) in [6, 6.07) is 7.34. The van der Waals surface area contributed by atoms with E-state index in [-0.39, 0.29) is 17.6 Å². The van der Waals surface area contributed by atoms with Gasteiger partial charge in [-0.05, 0) is 18.4 Å². The molecule has 1 rings (SSSR count). The van der Waals surface area contributed by atoms with Crippen molar-refractivity contribution in [3.63, 3.8) is 0 Å². The lowest BCUT2D eigenvalue weighted by Gasteiger charge is -2.20. The van der Waals surface area contributed by atoms with Gasteiger partial charge in [-0.25, -0.2) is 4.79 Å². The number of carboxylic acid groups (broad SMARTS) is 1. The highest BCUT2D eigenvalue weighted by Gasteiger charge is 2.24. The Kier molecular flexibility index (Phi) is 7.29. The van der Waals surface area contributed by atoms with E-state index in [1.54, 1.807) is 0 Å². The summed E-state index contributed by atoms with van der Waals surface area (Å²) in [6.45, 7) is 5.78. The molecular weight excluding hydrogens is 286 g/mol. The van der Waals surface area contributed by atoms with Crippen molar-refractivity contribution in [1.82, 2.24) is 5.32 Å².